The van der Waals surface area contributed by atoms with Gasteiger partial charge in [-0.2, -0.15) is 0 Å². The third-order valence-electron chi connectivity index (χ3n) is 3.01. The summed E-state index contributed by atoms with van der Waals surface area (Å²) in [5.74, 6) is 0.134. The van der Waals surface area contributed by atoms with Gasteiger partial charge < -0.3 is 20.5 Å². The van der Waals surface area contributed by atoms with Gasteiger partial charge in [-0.3, -0.25) is 4.79 Å². The number of benzene rings is 1. The van der Waals surface area contributed by atoms with Crippen LogP contribution in [0, 0.1) is 0 Å². The van der Waals surface area contributed by atoms with Crippen LogP contribution in [0.4, 0.5) is 0 Å². The Labute approximate surface area is 106 Å². The number of carbonyl (C=O) groups excluding carboxylic acids is 1. The van der Waals surface area contributed by atoms with Crippen LogP contribution in [0.1, 0.15) is 18.6 Å². The van der Waals surface area contributed by atoms with E-state index in [1.54, 1.807) is 30.0 Å². The summed E-state index contributed by atoms with van der Waals surface area (Å²) in [6.07, 6.45) is -0.200. The van der Waals surface area contributed by atoms with Crippen molar-refractivity contribution in [2.24, 2.45) is 5.73 Å². The second-order valence-electron chi connectivity index (χ2n) is 4.53. The first-order valence-electron chi connectivity index (χ1n) is 6.03. The van der Waals surface area contributed by atoms with Crippen LogP contribution >= 0.6 is 0 Å². The van der Waals surface area contributed by atoms with Crippen molar-refractivity contribution >= 4 is 5.91 Å². The molecule has 1 fully saturated rings. The van der Waals surface area contributed by atoms with Crippen LogP contribution in [0.15, 0.2) is 24.3 Å². The molecule has 1 saturated heterocycles. The highest BCUT2D eigenvalue weighted by atomic mass is 16.5. The third-order valence-corrected chi connectivity index (χ3v) is 3.01. The zero-order chi connectivity index (χ0) is 13.1. The number of rotatable bonds is 2. The van der Waals surface area contributed by atoms with E-state index in [0.29, 0.717) is 19.7 Å². The van der Waals surface area contributed by atoms with Gasteiger partial charge in [-0.25, -0.2) is 0 Å². The Morgan fingerprint density at radius 1 is 1.61 bits per heavy atom. The highest BCUT2D eigenvalue weighted by Gasteiger charge is 2.26. The Kier molecular flexibility index (Phi) is 3.84. The molecule has 5 nitrogen and oxygen atoms in total. The average Bonchev–Trinajstić information content (AvgIpc) is 2.38. The molecule has 1 aromatic rings. The van der Waals surface area contributed by atoms with E-state index in [0.717, 1.165) is 5.56 Å². The smallest absolute Gasteiger partial charge is 0.239 e. The molecular weight excluding hydrogens is 232 g/mol. The number of hydrogen-bond donors (Lipinski definition) is 2. The maximum atomic E-state index is 11.8. The van der Waals surface area contributed by atoms with Gasteiger partial charge in [-0.15, -0.1) is 0 Å². The maximum Gasteiger partial charge on any atom is 0.239 e. The fourth-order valence-corrected chi connectivity index (χ4v) is 2.06. The zero-order valence-electron chi connectivity index (χ0n) is 10.4. The summed E-state index contributed by atoms with van der Waals surface area (Å²) in [5, 5.41) is 9.45. The molecule has 1 heterocycles. The lowest BCUT2D eigenvalue weighted by atomic mass is 10.1. The highest BCUT2D eigenvalue weighted by Crippen LogP contribution is 2.25. The van der Waals surface area contributed by atoms with E-state index in [2.05, 4.69) is 0 Å². The summed E-state index contributed by atoms with van der Waals surface area (Å²) in [6.45, 7) is 3.21. The molecule has 5 heteroatoms. The number of phenols is 1. The van der Waals surface area contributed by atoms with E-state index in [1.165, 1.54) is 0 Å². The predicted molar refractivity (Wildman–Crippen MR) is 67.0 cm³/mol. The molecule has 1 aliphatic rings. The van der Waals surface area contributed by atoms with Crippen molar-refractivity contribution in [1.82, 2.24) is 4.90 Å². The minimum absolute atomic E-state index is 0.0662. The number of carbonyl (C=O) groups is 1. The number of aromatic hydroxyl groups is 1. The van der Waals surface area contributed by atoms with Gasteiger partial charge in [-0.1, -0.05) is 12.1 Å². The van der Waals surface area contributed by atoms with Crippen LogP contribution < -0.4 is 5.73 Å². The van der Waals surface area contributed by atoms with Gasteiger partial charge >= 0.3 is 0 Å². The SMILES string of the molecule is CC(N)C(=O)N1CCOC(c2cccc(O)c2)C1. The van der Waals surface area contributed by atoms with Crippen molar-refractivity contribution in [1.29, 1.82) is 0 Å². The van der Waals surface area contributed by atoms with Crippen molar-refractivity contribution in [2.45, 2.75) is 19.1 Å². The molecule has 0 aromatic heterocycles. The Hall–Kier alpha value is -1.59. The summed E-state index contributed by atoms with van der Waals surface area (Å²) in [6, 6.07) is 6.42. The Balaban J connectivity index is 2.09. The first-order valence-corrected chi connectivity index (χ1v) is 6.03. The Morgan fingerprint density at radius 3 is 3.06 bits per heavy atom. The first kappa shape index (κ1) is 12.9. The lowest BCUT2D eigenvalue weighted by molar-refractivity contribution is -0.140. The van der Waals surface area contributed by atoms with Gasteiger partial charge in [0.15, 0.2) is 0 Å². The monoisotopic (exact) mass is 250 g/mol. The number of morpholine rings is 1. The van der Waals surface area contributed by atoms with E-state index in [9.17, 15) is 9.90 Å². The van der Waals surface area contributed by atoms with Crippen molar-refractivity contribution in [2.75, 3.05) is 19.7 Å². The fourth-order valence-electron chi connectivity index (χ4n) is 2.06. The molecule has 0 aliphatic carbocycles. The molecule has 0 bridgehead atoms. The van der Waals surface area contributed by atoms with Gasteiger partial charge in [0.05, 0.1) is 19.2 Å². The summed E-state index contributed by atoms with van der Waals surface area (Å²) < 4.78 is 5.63. The van der Waals surface area contributed by atoms with Crippen LogP contribution in [0.5, 0.6) is 5.75 Å². The number of nitrogens with two attached hydrogens (primary N) is 1. The molecule has 0 saturated carbocycles. The second-order valence-corrected chi connectivity index (χ2v) is 4.53. The van der Waals surface area contributed by atoms with Crippen molar-refractivity contribution in [3.8, 4) is 5.75 Å². The summed E-state index contributed by atoms with van der Waals surface area (Å²) in [7, 11) is 0. The lowest BCUT2D eigenvalue weighted by Gasteiger charge is -2.34. The van der Waals surface area contributed by atoms with E-state index < -0.39 is 6.04 Å². The van der Waals surface area contributed by atoms with Gasteiger partial charge in [0.25, 0.3) is 0 Å². The summed E-state index contributed by atoms with van der Waals surface area (Å²) >= 11 is 0. The lowest BCUT2D eigenvalue weighted by Crippen LogP contribution is -2.48. The van der Waals surface area contributed by atoms with E-state index in [1.807, 2.05) is 6.07 Å². The molecule has 2 unspecified atom stereocenters. The molecular formula is C13H18N2O3. The summed E-state index contributed by atoms with van der Waals surface area (Å²) in [4.78, 5) is 13.5. The third kappa shape index (κ3) is 2.80. The molecule has 1 amide bonds. The largest absolute Gasteiger partial charge is 0.508 e. The number of amides is 1. The quantitative estimate of drug-likeness (QED) is 0.807. The molecule has 2 atom stereocenters. The van der Waals surface area contributed by atoms with E-state index in [-0.39, 0.29) is 17.8 Å². The molecule has 18 heavy (non-hydrogen) atoms. The Bertz CT molecular complexity index is 434. The van der Waals surface area contributed by atoms with E-state index >= 15 is 0 Å². The second kappa shape index (κ2) is 5.37. The number of nitrogens with zero attached hydrogens (tertiary/aromatic N) is 1. The van der Waals surface area contributed by atoms with Crippen LogP contribution in [0.2, 0.25) is 0 Å². The maximum absolute atomic E-state index is 11.8. The topological polar surface area (TPSA) is 75.8 Å². The van der Waals surface area contributed by atoms with Gasteiger partial charge in [0.2, 0.25) is 5.91 Å². The minimum Gasteiger partial charge on any atom is -0.508 e. The molecule has 1 aromatic carbocycles. The molecule has 0 spiro atoms. The fraction of sp³-hybridized carbons (Fsp3) is 0.462. The van der Waals surface area contributed by atoms with Crippen molar-refractivity contribution in [3.05, 3.63) is 29.8 Å². The molecule has 1 aliphatic heterocycles. The zero-order valence-corrected chi connectivity index (χ0v) is 10.4. The molecule has 98 valence electrons. The number of hydrogen-bond acceptors (Lipinski definition) is 4. The highest BCUT2D eigenvalue weighted by molar-refractivity contribution is 5.81. The van der Waals surface area contributed by atoms with Crippen LogP contribution in [-0.4, -0.2) is 41.7 Å². The molecule has 0 radical (unpaired) electrons. The standard InChI is InChI=1S/C13H18N2O3/c1-9(14)13(17)15-5-6-18-12(8-15)10-3-2-4-11(16)7-10/h2-4,7,9,12,16H,5-6,8,14H2,1H3. The Morgan fingerprint density at radius 2 is 2.39 bits per heavy atom. The van der Waals surface area contributed by atoms with Crippen LogP contribution in [0.3, 0.4) is 0 Å². The number of ether oxygens (including phenoxy) is 1. The van der Waals surface area contributed by atoms with Gasteiger partial charge in [0, 0.05) is 6.54 Å². The van der Waals surface area contributed by atoms with Crippen molar-refractivity contribution < 1.29 is 14.6 Å². The van der Waals surface area contributed by atoms with E-state index in [4.69, 9.17) is 10.5 Å². The predicted octanol–water partition coefficient (Wildman–Crippen LogP) is 0.639. The van der Waals surface area contributed by atoms with Crippen LogP contribution in [0.25, 0.3) is 0 Å². The van der Waals surface area contributed by atoms with Gasteiger partial charge in [-0.05, 0) is 24.6 Å². The van der Waals surface area contributed by atoms with Gasteiger partial charge in [0.1, 0.15) is 11.9 Å². The summed E-state index contributed by atoms with van der Waals surface area (Å²) in [5.41, 5.74) is 6.48. The number of phenolic OH excluding ortho intramolecular Hbond substituents is 1. The molecule has 3 N–H and O–H groups in total. The molecule has 2 rings (SSSR count). The minimum atomic E-state index is -0.493. The first-order chi connectivity index (χ1) is 8.58. The van der Waals surface area contributed by atoms with Crippen LogP contribution in [-0.2, 0) is 9.53 Å². The normalized spacial score (nSPS) is 21.7. The average molecular weight is 250 g/mol. The van der Waals surface area contributed by atoms with Crippen molar-refractivity contribution in [3.63, 3.8) is 0 Å².